The number of rotatable bonds is 13. The number of sulfonamides is 2. The summed E-state index contributed by atoms with van der Waals surface area (Å²) in [6.45, 7) is 2.69. The molecule has 2 aliphatic heterocycles. The minimum atomic E-state index is -4.12. The first kappa shape index (κ1) is 36.6. The first-order chi connectivity index (χ1) is 22.3. The standard InChI is InChI=1S/C32H38BrCl2N3O6S3/c33-26-21-30(45-31(26)35)47(43,44)38-17-13-23(14-18-38)8-4-7-22-11-15-37(16-12-22)29-10-9-25(20-27(29)34)46(41,42)36-28(32(39)40)19-24-5-2-1-3-6-24/h1-3,5-6,9-10,20-23,28,36H,4,7-8,11-19H2,(H,39,40)/t28-/m0/s1. The highest BCUT2D eigenvalue weighted by molar-refractivity contribution is 9.10. The Bertz CT molecular complexity index is 1740. The van der Waals surface area contributed by atoms with Gasteiger partial charge in [0.05, 0.1) is 15.6 Å². The molecule has 2 fully saturated rings. The van der Waals surface area contributed by atoms with Gasteiger partial charge in [0.2, 0.25) is 10.0 Å². The van der Waals surface area contributed by atoms with Crippen LogP contribution in [0.2, 0.25) is 9.36 Å². The van der Waals surface area contributed by atoms with E-state index >= 15 is 0 Å². The molecule has 2 aromatic carbocycles. The molecule has 0 aliphatic carbocycles. The van der Waals surface area contributed by atoms with Crippen LogP contribution in [0.25, 0.3) is 0 Å². The van der Waals surface area contributed by atoms with Gasteiger partial charge in [-0.1, -0.05) is 72.8 Å². The fraction of sp³-hybridized carbons (Fsp3) is 0.469. The number of piperidine rings is 2. The quantitative estimate of drug-likeness (QED) is 0.186. The van der Waals surface area contributed by atoms with Gasteiger partial charge in [-0.2, -0.15) is 9.03 Å². The van der Waals surface area contributed by atoms with Crippen molar-refractivity contribution in [1.29, 1.82) is 0 Å². The van der Waals surface area contributed by atoms with E-state index in [1.165, 1.54) is 12.1 Å². The fourth-order valence-corrected chi connectivity index (χ4v) is 11.9. The molecule has 9 nitrogen and oxygen atoms in total. The normalized spacial score (nSPS) is 18.0. The topological polar surface area (TPSA) is 124 Å². The lowest BCUT2D eigenvalue weighted by Gasteiger charge is -2.35. The summed E-state index contributed by atoms with van der Waals surface area (Å²) < 4.78 is 57.4. The lowest BCUT2D eigenvalue weighted by atomic mass is 9.87. The zero-order valence-electron chi connectivity index (χ0n) is 25.7. The zero-order valence-corrected chi connectivity index (χ0v) is 31.2. The Hall–Kier alpha value is -1.71. The maximum absolute atomic E-state index is 13.1. The van der Waals surface area contributed by atoms with Gasteiger partial charge in [-0.25, -0.2) is 16.8 Å². The van der Waals surface area contributed by atoms with E-state index in [2.05, 4.69) is 25.6 Å². The van der Waals surface area contributed by atoms with E-state index in [4.69, 9.17) is 23.2 Å². The third-order valence-electron chi connectivity index (χ3n) is 9.08. The van der Waals surface area contributed by atoms with Gasteiger partial charge in [0, 0.05) is 30.7 Å². The molecule has 0 unspecified atom stereocenters. The van der Waals surface area contributed by atoms with E-state index in [0.717, 1.165) is 75.1 Å². The average Bonchev–Trinajstić information content (AvgIpc) is 3.40. The van der Waals surface area contributed by atoms with E-state index in [1.54, 1.807) is 40.7 Å². The first-order valence-corrected chi connectivity index (χ1v) is 20.9. The molecule has 0 bridgehead atoms. The summed E-state index contributed by atoms with van der Waals surface area (Å²) in [5, 5.41) is 9.96. The van der Waals surface area contributed by atoms with E-state index in [1.807, 2.05) is 6.07 Å². The van der Waals surface area contributed by atoms with Gasteiger partial charge < -0.3 is 10.0 Å². The Balaban J connectivity index is 1.06. The van der Waals surface area contributed by atoms with E-state index in [-0.39, 0.29) is 15.5 Å². The molecule has 256 valence electrons. The highest BCUT2D eigenvalue weighted by Gasteiger charge is 2.32. The maximum Gasteiger partial charge on any atom is 0.322 e. The van der Waals surface area contributed by atoms with Crippen molar-refractivity contribution in [2.45, 2.75) is 66.5 Å². The van der Waals surface area contributed by atoms with Crippen LogP contribution in [-0.4, -0.2) is 64.4 Å². The van der Waals surface area contributed by atoms with Crippen molar-refractivity contribution in [1.82, 2.24) is 9.03 Å². The molecule has 0 saturated carbocycles. The number of aliphatic carboxylic acids is 1. The highest BCUT2D eigenvalue weighted by Crippen LogP contribution is 2.38. The number of carboxylic acids is 1. The van der Waals surface area contributed by atoms with Gasteiger partial charge in [0.25, 0.3) is 10.0 Å². The van der Waals surface area contributed by atoms with Crippen molar-refractivity contribution < 1.29 is 26.7 Å². The number of thiophene rings is 1. The van der Waals surface area contributed by atoms with Crippen LogP contribution < -0.4 is 9.62 Å². The molecule has 2 N–H and O–H groups in total. The molecule has 3 aromatic rings. The second-order valence-corrected chi connectivity index (χ2v) is 19.0. The molecule has 47 heavy (non-hydrogen) atoms. The average molecular weight is 808 g/mol. The lowest BCUT2D eigenvalue weighted by molar-refractivity contribution is -0.138. The molecule has 0 radical (unpaired) electrons. The van der Waals surface area contributed by atoms with E-state index in [9.17, 15) is 26.7 Å². The van der Waals surface area contributed by atoms with Crippen LogP contribution in [0.1, 0.15) is 50.5 Å². The molecule has 1 aromatic heterocycles. The molecular formula is C32H38BrCl2N3O6S3. The molecular weight excluding hydrogens is 769 g/mol. The van der Waals surface area contributed by atoms with E-state index < -0.39 is 32.1 Å². The van der Waals surface area contributed by atoms with Crippen molar-refractivity contribution in [3.8, 4) is 0 Å². The van der Waals surface area contributed by atoms with Crippen molar-refractivity contribution in [2.75, 3.05) is 31.1 Å². The number of carbonyl (C=O) groups is 1. The Labute approximate surface area is 299 Å². The molecule has 15 heteroatoms. The number of carboxylic acid groups (broad SMARTS) is 1. The number of nitrogens with zero attached hydrogens (tertiary/aromatic N) is 2. The van der Waals surface area contributed by atoms with Crippen molar-refractivity contribution in [2.24, 2.45) is 11.8 Å². The summed E-state index contributed by atoms with van der Waals surface area (Å²) in [7, 11) is -7.64. The number of hydrogen-bond acceptors (Lipinski definition) is 7. The van der Waals surface area contributed by atoms with Gasteiger partial charge in [-0.3, -0.25) is 4.79 Å². The number of halogens is 3. The van der Waals surface area contributed by atoms with Crippen LogP contribution >= 0.6 is 50.5 Å². The third-order valence-corrected chi connectivity index (χ3v) is 15.7. The van der Waals surface area contributed by atoms with Crippen molar-refractivity contribution >= 4 is 82.2 Å². The van der Waals surface area contributed by atoms with Crippen LogP contribution in [0.5, 0.6) is 0 Å². The Morgan fingerprint density at radius 1 is 0.936 bits per heavy atom. The molecule has 0 amide bonds. The zero-order chi connectivity index (χ0) is 33.8. The van der Waals surface area contributed by atoms with Crippen molar-refractivity contribution in [3.63, 3.8) is 0 Å². The molecule has 5 rings (SSSR count). The fourth-order valence-electron chi connectivity index (χ4n) is 6.37. The molecule has 3 heterocycles. The van der Waals surface area contributed by atoms with Gasteiger partial charge in [0.15, 0.2) is 0 Å². The molecule has 2 aliphatic rings. The smallest absolute Gasteiger partial charge is 0.322 e. The number of hydrogen-bond donors (Lipinski definition) is 2. The van der Waals surface area contributed by atoms with Gasteiger partial charge in [-0.05, 0) is 89.7 Å². The Morgan fingerprint density at radius 3 is 2.11 bits per heavy atom. The summed E-state index contributed by atoms with van der Waals surface area (Å²) in [6, 6.07) is 13.7. The van der Waals surface area contributed by atoms with Crippen molar-refractivity contribution in [3.05, 3.63) is 74.0 Å². The molecule has 1 atom stereocenters. The third kappa shape index (κ3) is 9.30. The molecule has 2 saturated heterocycles. The number of anilines is 1. The minimum Gasteiger partial charge on any atom is -0.480 e. The summed E-state index contributed by atoms with van der Waals surface area (Å²) in [5.41, 5.74) is 1.48. The molecule has 0 spiro atoms. The van der Waals surface area contributed by atoms with Crippen LogP contribution in [0.15, 0.2) is 68.2 Å². The van der Waals surface area contributed by atoms with Crippen LogP contribution in [0.4, 0.5) is 5.69 Å². The monoisotopic (exact) mass is 805 g/mol. The lowest BCUT2D eigenvalue weighted by Crippen LogP contribution is -2.42. The van der Waals surface area contributed by atoms with Crippen LogP contribution in [0.3, 0.4) is 0 Å². The second kappa shape index (κ2) is 15.9. The first-order valence-electron chi connectivity index (χ1n) is 15.6. The second-order valence-electron chi connectivity index (χ2n) is 12.2. The Kier molecular flexibility index (Phi) is 12.4. The predicted octanol–water partition coefficient (Wildman–Crippen LogP) is 7.28. The maximum atomic E-state index is 13.1. The largest absolute Gasteiger partial charge is 0.480 e. The summed E-state index contributed by atoms with van der Waals surface area (Å²) in [4.78, 5) is 13.9. The predicted molar refractivity (Wildman–Crippen MR) is 191 cm³/mol. The summed E-state index contributed by atoms with van der Waals surface area (Å²) in [5.74, 6) is -0.144. The van der Waals surface area contributed by atoms with Gasteiger partial charge in [0.1, 0.15) is 14.6 Å². The Morgan fingerprint density at radius 2 is 1.55 bits per heavy atom. The van der Waals surface area contributed by atoms with Gasteiger partial charge in [-0.15, -0.1) is 11.3 Å². The highest BCUT2D eigenvalue weighted by atomic mass is 79.9. The summed E-state index contributed by atoms with van der Waals surface area (Å²) in [6.07, 6.45) is 7.08. The number of nitrogens with one attached hydrogen (secondary N) is 1. The van der Waals surface area contributed by atoms with Gasteiger partial charge >= 0.3 is 5.97 Å². The van der Waals surface area contributed by atoms with E-state index in [0.29, 0.717) is 44.3 Å². The van der Waals surface area contributed by atoms with Crippen LogP contribution in [-0.2, 0) is 31.3 Å². The summed E-state index contributed by atoms with van der Waals surface area (Å²) >= 11 is 17.0. The number of benzene rings is 2. The van der Waals surface area contributed by atoms with Crippen LogP contribution in [0, 0.1) is 11.8 Å². The minimum absolute atomic E-state index is 0.0181. The SMILES string of the molecule is O=C(O)[C@H](Cc1ccccc1)NS(=O)(=O)c1ccc(N2CCC(CCCC3CCN(S(=O)(=O)c4cc(Br)c(Cl)s4)CC3)CC2)c(Cl)c1.